The minimum absolute atomic E-state index is 0.770. The van der Waals surface area contributed by atoms with Crippen LogP contribution in [0.2, 0.25) is 0 Å². The van der Waals surface area contributed by atoms with Crippen molar-refractivity contribution in [1.82, 2.24) is 0 Å². The van der Waals surface area contributed by atoms with Gasteiger partial charge in [-0.05, 0) is 31.2 Å². The minimum Gasteiger partial charge on any atom is -0.399 e. The molecule has 3 heteroatoms. The lowest BCUT2D eigenvalue weighted by molar-refractivity contribution is 1.40. The zero-order valence-electron chi connectivity index (χ0n) is 7.33. The van der Waals surface area contributed by atoms with Crippen molar-refractivity contribution in [2.45, 2.75) is 6.92 Å². The predicted octanol–water partition coefficient (Wildman–Crippen LogP) is 1.73. The number of nitrogens with zero attached hydrogens (tertiary/aromatic N) is 1. The lowest BCUT2D eigenvalue weighted by Crippen LogP contribution is -2.06. The van der Waals surface area contributed by atoms with Gasteiger partial charge in [0.05, 0.1) is 5.84 Å². The first-order valence-electron chi connectivity index (χ1n) is 3.78. The fourth-order valence-electron chi connectivity index (χ4n) is 0.831. The molecule has 0 aromatic heterocycles. The molecule has 0 amide bonds. The van der Waals surface area contributed by atoms with E-state index in [1.807, 2.05) is 31.2 Å². The van der Waals surface area contributed by atoms with Gasteiger partial charge in [-0.15, -0.1) is 0 Å². The third kappa shape index (κ3) is 2.27. The number of rotatable bonds is 1. The third-order valence-corrected chi connectivity index (χ3v) is 1.57. The highest BCUT2D eigenvalue weighted by atomic mass is 15.0. The number of aliphatic imine (C=N–C) groups is 1. The van der Waals surface area contributed by atoms with E-state index >= 15 is 0 Å². The Bertz CT molecular complexity index is 274. The first kappa shape index (κ1) is 8.59. The number of anilines is 2. The first-order chi connectivity index (χ1) is 5.72. The largest absolute Gasteiger partial charge is 0.399 e. The molecule has 0 aliphatic heterocycles. The molecule has 3 N–H and O–H groups in total. The number of hydrogen-bond acceptors (Lipinski definition) is 2. The summed E-state index contributed by atoms with van der Waals surface area (Å²) in [5.74, 6) is 0.889. The summed E-state index contributed by atoms with van der Waals surface area (Å²) in [4.78, 5) is 3.98. The van der Waals surface area contributed by atoms with Crippen LogP contribution in [0.1, 0.15) is 6.92 Å². The van der Waals surface area contributed by atoms with Gasteiger partial charge in [0.1, 0.15) is 0 Å². The summed E-state index contributed by atoms with van der Waals surface area (Å²) in [5, 5.41) is 3.11. The molecule has 0 heterocycles. The number of benzene rings is 1. The molecular formula is C9H13N3. The van der Waals surface area contributed by atoms with Crippen molar-refractivity contribution in [2.75, 3.05) is 18.1 Å². The van der Waals surface area contributed by atoms with E-state index in [2.05, 4.69) is 10.3 Å². The van der Waals surface area contributed by atoms with Crippen LogP contribution in [0.3, 0.4) is 0 Å². The average Bonchev–Trinajstić information content (AvgIpc) is 2.09. The van der Waals surface area contributed by atoms with Crippen LogP contribution in [-0.4, -0.2) is 12.9 Å². The zero-order chi connectivity index (χ0) is 8.97. The van der Waals surface area contributed by atoms with Crippen LogP contribution in [0.25, 0.3) is 0 Å². The Balaban J connectivity index is 2.71. The minimum atomic E-state index is 0.770. The fourth-order valence-corrected chi connectivity index (χ4v) is 0.831. The Kier molecular flexibility index (Phi) is 2.69. The van der Waals surface area contributed by atoms with Crippen molar-refractivity contribution >= 4 is 17.2 Å². The summed E-state index contributed by atoms with van der Waals surface area (Å²) >= 11 is 0. The van der Waals surface area contributed by atoms with E-state index in [4.69, 9.17) is 5.73 Å². The monoisotopic (exact) mass is 163 g/mol. The second-order valence-electron chi connectivity index (χ2n) is 2.56. The van der Waals surface area contributed by atoms with Crippen LogP contribution >= 0.6 is 0 Å². The van der Waals surface area contributed by atoms with Gasteiger partial charge in [-0.1, -0.05) is 0 Å². The lowest BCUT2D eigenvalue weighted by atomic mass is 10.3. The molecule has 0 bridgehead atoms. The highest BCUT2D eigenvalue weighted by molar-refractivity contribution is 5.93. The summed E-state index contributed by atoms with van der Waals surface area (Å²) in [6.45, 7) is 1.91. The quantitative estimate of drug-likeness (QED) is 0.376. The van der Waals surface area contributed by atoms with Gasteiger partial charge in [-0.2, -0.15) is 0 Å². The standard InChI is InChI=1S/C9H13N3/c1-7(11-2)12-9-5-3-8(10)4-6-9/h3-6H,10H2,1-2H3,(H,11,12). The SMILES string of the molecule is CN=C(C)Nc1ccc(N)cc1. The van der Waals surface area contributed by atoms with Crippen molar-refractivity contribution in [3.63, 3.8) is 0 Å². The molecule has 1 aromatic rings. The van der Waals surface area contributed by atoms with E-state index in [1.54, 1.807) is 7.05 Å². The van der Waals surface area contributed by atoms with Crippen LogP contribution in [0.5, 0.6) is 0 Å². The summed E-state index contributed by atoms with van der Waals surface area (Å²) in [6.07, 6.45) is 0. The van der Waals surface area contributed by atoms with Gasteiger partial charge in [0.15, 0.2) is 0 Å². The predicted molar refractivity (Wildman–Crippen MR) is 53.5 cm³/mol. The Morgan fingerprint density at radius 1 is 1.33 bits per heavy atom. The number of nitrogens with one attached hydrogen (secondary N) is 1. The summed E-state index contributed by atoms with van der Waals surface area (Å²) in [7, 11) is 1.75. The maximum Gasteiger partial charge on any atom is 0.0972 e. The molecule has 3 nitrogen and oxygen atoms in total. The highest BCUT2D eigenvalue weighted by Crippen LogP contribution is 2.09. The third-order valence-electron chi connectivity index (χ3n) is 1.57. The van der Waals surface area contributed by atoms with Gasteiger partial charge < -0.3 is 11.1 Å². The molecule has 1 rings (SSSR count). The van der Waals surface area contributed by atoms with E-state index in [1.165, 1.54) is 0 Å². The molecule has 0 spiro atoms. The number of amidine groups is 1. The van der Waals surface area contributed by atoms with E-state index in [-0.39, 0.29) is 0 Å². The Morgan fingerprint density at radius 3 is 2.42 bits per heavy atom. The average molecular weight is 163 g/mol. The molecule has 0 saturated carbocycles. The summed E-state index contributed by atoms with van der Waals surface area (Å²) in [5.41, 5.74) is 7.31. The molecule has 64 valence electrons. The molecule has 0 aliphatic rings. The Hall–Kier alpha value is -1.51. The Morgan fingerprint density at radius 2 is 1.92 bits per heavy atom. The van der Waals surface area contributed by atoms with Crippen molar-refractivity contribution in [2.24, 2.45) is 4.99 Å². The highest BCUT2D eigenvalue weighted by Gasteiger charge is 1.91. The van der Waals surface area contributed by atoms with Gasteiger partial charge in [-0.3, -0.25) is 4.99 Å². The van der Waals surface area contributed by atoms with Gasteiger partial charge in [0.2, 0.25) is 0 Å². The second kappa shape index (κ2) is 3.76. The van der Waals surface area contributed by atoms with Crippen LogP contribution in [0.15, 0.2) is 29.3 Å². The maximum absolute atomic E-state index is 5.53. The molecule has 0 unspecified atom stereocenters. The number of nitrogen functional groups attached to an aromatic ring is 1. The molecule has 0 fully saturated rings. The molecule has 0 aliphatic carbocycles. The number of hydrogen-bond donors (Lipinski definition) is 2. The molecule has 0 saturated heterocycles. The fraction of sp³-hybridized carbons (Fsp3) is 0.222. The molecule has 1 aromatic carbocycles. The smallest absolute Gasteiger partial charge is 0.0972 e. The molecular weight excluding hydrogens is 150 g/mol. The topological polar surface area (TPSA) is 50.4 Å². The molecule has 0 radical (unpaired) electrons. The second-order valence-corrected chi connectivity index (χ2v) is 2.56. The van der Waals surface area contributed by atoms with Crippen LogP contribution < -0.4 is 11.1 Å². The number of nitrogens with two attached hydrogens (primary N) is 1. The van der Waals surface area contributed by atoms with E-state index < -0.39 is 0 Å². The van der Waals surface area contributed by atoms with Gasteiger partial charge in [0.25, 0.3) is 0 Å². The maximum atomic E-state index is 5.53. The van der Waals surface area contributed by atoms with Crippen molar-refractivity contribution < 1.29 is 0 Å². The zero-order valence-corrected chi connectivity index (χ0v) is 7.33. The molecule has 0 atom stereocenters. The molecule has 12 heavy (non-hydrogen) atoms. The van der Waals surface area contributed by atoms with E-state index in [0.717, 1.165) is 17.2 Å². The normalized spacial score (nSPS) is 11.3. The van der Waals surface area contributed by atoms with Crippen LogP contribution in [0.4, 0.5) is 11.4 Å². The van der Waals surface area contributed by atoms with Crippen molar-refractivity contribution in [1.29, 1.82) is 0 Å². The van der Waals surface area contributed by atoms with E-state index in [9.17, 15) is 0 Å². The van der Waals surface area contributed by atoms with Gasteiger partial charge >= 0.3 is 0 Å². The summed E-state index contributed by atoms with van der Waals surface area (Å²) < 4.78 is 0. The van der Waals surface area contributed by atoms with Crippen molar-refractivity contribution in [3.05, 3.63) is 24.3 Å². The lowest BCUT2D eigenvalue weighted by Gasteiger charge is -2.04. The van der Waals surface area contributed by atoms with Crippen molar-refractivity contribution in [3.8, 4) is 0 Å². The summed E-state index contributed by atoms with van der Waals surface area (Å²) in [6, 6.07) is 7.55. The van der Waals surface area contributed by atoms with Gasteiger partial charge in [-0.25, -0.2) is 0 Å². The van der Waals surface area contributed by atoms with E-state index in [0.29, 0.717) is 0 Å². The Labute approximate surface area is 72.3 Å². The van der Waals surface area contributed by atoms with Crippen LogP contribution in [-0.2, 0) is 0 Å². The first-order valence-corrected chi connectivity index (χ1v) is 3.78. The van der Waals surface area contributed by atoms with Crippen LogP contribution in [0, 0.1) is 0 Å². The van der Waals surface area contributed by atoms with Gasteiger partial charge in [0, 0.05) is 18.4 Å².